The summed E-state index contributed by atoms with van der Waals surface area (Å²) in [5.41, 5.74) is 0. The lowest BCUT2D eigenvalue weighted by molar-refractivity contribution is 0.478. The van der Waals surface area contributed by atoms with Crippen LogP contribution in [0.15, 0.2) is 22.9 Å². The van der Waals surface area contributed by atoms with Gasteiger partial charge in [-0.05, 0) is 6.07 Å². The molecule has 0 bridgehead atoms. The van der Waals surface area contributed by atoms with Crippen molar-refractivity contribution in [1.82, 2.24) is 20.2 Å². The van der Waals surface area contributed by atoms with E-state index in [1.54, 1.807) is 18.5 Å². The third-order valence-corrected chi connectivity index (χ3v) is 1.69. The highest BCUT2D eigenvalue weighted by atomic mass is 16.4. The lowest BCUT2D eigenvalue weighted by Crippen LogP contribution is -1.85. The van der Waals surface area contributed by atoms with Crippen molar-refractivity contribution in [2.24, 2.45) is 0 Å². The zero-order chi connectivity index (χ0) is 9.97. The molecule has 5 heteroatoms. The summed E-state index contributed by atoms with van der Waals surface area (Å²) in [6.07, 6.45) is 3.28. The second kappa shape index (κ2) is 3.53. The highest BCUT2D eigenvalue weighted by molar-refractivity contribution is 5.37. The molecule has 72 valence electrons. The zero-order valence-electron chi connectivity index (χ0n) is 8.01. The van der Waals surface area contributed by atoms with Crippen LogP contribution in [0, 0.1) is 0 Å². The van der Waals surface area contributed by atoms with Crippen LogP contribution in [0.5, 0.6) is 0 Å². The van der Waals surface area contributed by atoms with Gasteiger partial charge in [0.1, 0.15) is 0 Å². The van der Waals surface area contributed by atoms with Gasteiger partial charge in [-0.15, -0.1) is 10.2 Å². The van der Waals surface area contributed by atoms with Crippen molar-refractivity contribution in [1.29, 1.82) is 0 Å². The Morgan fingerprint density at radius 2 is 1.86 bits per heavy atom. The number of rotatable bonds is 2. The number of nitrogens with zero attached hydrogens (tertiary/aromatic N) is 4. The van der Waals surface area contributed by atoms with Crippen LogP contribution < -0.4 is 0 Å². The SMILES string of the molecule is CC(C)c1nnc(-c2ncccn2)o1. The minimum Gasteiger partial charge on any atom is -0.418 e. The van der Waals surface area contributed by atoms with E-state index in [0.29, 0.717) is 17.6 Å². The fourth-order valence-corrected chi connectivity index (χ4v) is 0.968. The standard InChI is InChI=1S/C9H10N4O/c1-6(2)8-12-13-9(14-8)7-10-4-3-5-11-7/h3-6H,1-2H3. The molecule has 0 saturated carbocycles. The molecule has 0 amide bonds. The second-order valence-electron chi connectivity index (χ2n) is 3.17. The van der Waals surface area contributed by atoms with Gasteiger partial charge in [0, 0.05) is 18.3 Å². The fraction of sp³-hybridized carbons (Fsp3) is 0.333. The van der Waals surface area contributed by atoms with Crippen molar-refractivity contribution in [3.05, 3.63) is 24.4 Å². The molecular formula is C9H10N4O. The Labute approximate surface area is 81.2 Å². The first-order chi connectivity index (χ1) is 6.77. The predicted octanol–water partition coefficient (Wildman–Crippen LogP) is 1.65. The summed E-state index contributed by atoms with van der Waals surface area (Å²) < 4.78 is 5.38. The van der Waals surface area contributed by atoms with Crippen LogP contribution in [0.25, 0.3) is 11.7 Å². The van der Waals surface area contributed by atoms with E-state index in [-0.39, 0.29) is 5.92 Å². The molecule has 0 fully saturated rings. The Morgan fingerprint density at radius 1 is 1.14 bits per heavy atom. The summed E-state index contributed by atoms with van der Waals surface area (Å²) in [4.78, 5) is 8.03. The first-order valence-electron chi connectivity index (χ1n) is 4.38. The number of aromatic nitrogens is 4. The van der Waals surface area contributed by atoms with Gasteiger partial charge in [-0.2, -0.15) is 0 Å². The van der Waals surface area contributed by atoms with Gasteiger partial charge in [0.15, 0.2) is 0 Å². The molecule has 0 saturated heterocycles. The minimum absolute atomic E-state index is 0.222. The molecule has 0 aliphatic carbocycles. The van der Waals surface area contributed by atoms with E-state index in [0.717, 1.165) is 0 Å². The largest absolute Gasteiger partial charge is 0.418 e. The van der Waals surface area contributed by atoms with Crippen LogP contribution in [0.4, 0.5) is 0 Å². The Hall–Kier alpha value is -1.78. The molecule has 0 atom stereocenters. The molecule has 2 aromatic heterocycles. The summed E-state index contributed by atoms with van der Waals surface area (Å²) in [5, 5.41) is 7.76. The third kappa shape index (κ3) is 1.61. The van der Waals surface area contributed by atoms with Crippen LogP contribution in [-0.2, 0) is 0 Å². The topological polar surface area (TPSA) is 64.7 Å². The lowest BCUT2D eigenvalue weighted by Gasteiger charge is -1.94. The highest BCUT2D eigenvalue weighted by Crippen LogP contribution is 2.17. The van der Waals surface area contributed by atoms with Gasteiger partial charge in [-0.25, -0.2) is 9.97 Å². The van der Waals surface area contributed by atoms with Crippen LogP contribution in [-0.4, -0.2) is 20.2 Å². The summed E-state index contributed by atoms with van der Waals surface area (Å²) >= 11 is 0. The van der Waals surface area contributed by atoms with Crippen molar-refractivity contribution < 1.29 is 4.42 Å². The molecule has 2 heterocycles. The molecule has 5 nitrogen and oxygen atoms in total. The van der Waals surface area contributed by atoms with Crippen LogP contribution >= 0.6 is 0 Å². The molecule has 0 aromatic carbocycles. The van der Waals surface area contributed by atoms with Crippen molar-refractivity contribution in [3.8, 4) is 11.7 Å². The van der Waals surface area contributed by atoms with Crippen LogP contribution in [0.3, 0.4) is 0 Å². The monoisotopic (exact) mass is 190 g/mol. The quantitative estimate of drug-likeness (QED) is 0.720. The fourth-order valence-electron chi connectivity index (χ4n) is 0.968. The molecule has 0 radical (unpaired) electrons. The molecule has 14 heavy (non-hydrogen) atoms. The molecule has 2 rings (SSSR count). The van der Waals surface area contributed by atoms with E-state index in [9.17, 15) is 0 Å². The molecule has 0 unspecified atom stereocenters. The Bertz CT molecular complexity index is 410. The summed E-state index contributed by atoms with van der Waals surface area (Å²) in [7, 11) is 0. The summed E-state index contributed by atoms with van der Waals surface area (Å²) in [6.45, 7) is 3.98. The van der Waals surface area contributed by atoms with Crippen molar-refractivity contribution >= 4 is 0 Å². The summed E-state index contributed by atoms with van der Waals surface area (Å²) in [6, 6.07) is 1.74. The summed E-state index contributed by atoms with van der Waals surface area (Å²) in [5.74, 6) is 1.66. The van der Waals surface area contributed by atoms with Gasteiger partial charge in [0.05, 0.1) is 0 Å². The van der Waals surface area contributed by atoms with Crippen molar-refractivity contribution in [3.63, 3.8) is 0 Å². The van der Waals surface area contributed by atoms with Gasteiger partial charge >= 0.3 is 0 Å². The van der Waals surface area contributed by atoms with E-state index >= 15 is 0 Å². The van der Waals surface area contributed by atoms with Crippen molar-refractivity contribution in [2.45, 2.75) is 19.8 Å². The normalized spacial score (nSPS) is 10.8. The van der Waals surface area contributed by atoms with Crippen LogP contribution in [0.2, 0.25) is 0 Å². The minimum atomic E-state index is 0.222. The van der Waals surface area contributed by atoms with E-state index < -0.39 is 0 Å². The van der Waals surface area contributed by atoms with Gasteiger partial charge in [-0.1, -0.05) is 13.8 Å². The Morgan fingerprint density at radius 3 is 2.43 bits per heavy atom. The van der Waals surface area contributed by atoms with E-state index in [2.05, 4.69) is 20.2 Å². The predicted molar refractivity (Wildman–Crippen MR) is 49.4 cm³/mol. The first-order valence-corrected chi connectivity index (χ1v) is 4.38. The van der Waals surface area contributed by atoms with Gasteiger partial charge < -0.3 is 4.42 Å². The van der Waals surface area contributed by atoms with Gasteiger partial charge in [0.2, 0.25) is 11.7 Å². The van der Waals surface area contributed by atoms with E-state index in [1.165, 1.54) is 0 Å². The molecule has 0 N–H and O–H groups in total. The van der Waals surface area contributed by atoms with Gasteiger partial charge in [0.25, 0.3) is 5.89 Å². The lowest BCUT2D eigenvalue weighted by atomic mass is 10.2. The molecule has 0 aliphatic rings. The number of hydrogen-bond acceptors (Lipinski definition) is 5. The molecule has 0 spiro atoms. The Balaban J connectivity index is 2.34. The van der Waals surface area contributed by atoms with Crippen LogP contribution in [0.1, 0.15) is 25.7 Å². The highest BCUT2D eigenvalue weighted by Gasteiger charge is 2.12. The maximum Gasteiger partial charge on any atom is 0.285 e. The first kappa shape index (κ1) is 8.80. The maximum absolute atomic E-state index is 5.38. The average molecular weight is 190 g/mol. The van der Waals surface area contributed by atoms with Gasteiger partial charge in [-0.3, -0.25) is 0 Å². The maximum atomic E-state index is 5.38. The molecular weight excluding hydrogens is 180 g/mol. The third-order valence-electron chi connectivity index (χ3n) is 1.69. The molecule has 2 aromatic rings. The molecule has 0 aliphatic heterocycles. The Kier molecular flexibility index (Phi) is 2.22. The zero-order valence-corrected chi connectivity index (χ0v) is 8.01. The number of hydrogen-bond donors (Lipinski definition) is 0. The second-order valence-corrected chi connectivity index (χ2v) is 3.17. The smallest absolute Gasteiger partial charge is 0.285 e. The van der Waals surface area contributed by atoms with E-state index in [4.69, 9.17) is 4.42 Å². The average Bonchev–Trinajstić information content (AvgIpc) is 2.68. The van der Waals surface area contributed by atoms with Crippen molar-refractivity contribution in [2.75, 3.05) is 0 Å². The van der Waals surface area contributed by atoms with E-state index in [1.807, 2.05) is 13.8 Å².